The number of nitrogens with one attached hydrogen (secondary N) is 2. The van der Waals surface area contributed by atoms with E-state index in [1.165, 1.54) is 11.8 Å². The van der Waals surface area contributed by atoms with E-state index in [0.29, 0.717) is 12.2 Å². The minimum absolute atomic E-state index is 0.00993. The van der Waals surface area contributed by atoms with E-state index in [4.69, 9.17) is 0 Å². The summed E-state index contributed by atoms with van der Waals surface area (Å²) in [5.41, 5.74) is 3.82. The van der Waals surface area contributed by atoms with Gasteiger partial charge >= 0.3 is 0 Å². The molecule has 0 spiro atoms. The van der Waals surface area contributed by atoms with E-state index in [2.05, 4.69) is 16.7 Å². The zero-order chi connectivity index (χ0) is 20.0. The van der Waals surface area contributed by atoms with Crippen LogP contribution in [-0.2, 0) is 9.59 Å². The SMILES string of the molecule is Cc1cc(C)cc(NC(=O)CSc2ccc(NC(=O)CC(C)(C)C)cc2)c1. The van der Waals surface area contributed by atoms with Crippen molar-refractivity contribution in [3.05, 3.63) is 53.6 Å². The third-order valence-electron chi connectivity index (χ3n) is 3.70. The number of hydrogen-bond donors (Lipinski definition) is 2. The van der Waals surface area contributed by atoms with Crippen LogP contribution in [0.5, 0.6) is 0 Å². The molecule has 2 aromatic rings. The van der Waals surface area contributed by atoms with Crippen molar-refractivity contribution in [3.8, 4) is 0 Å². The highest BCUT2D eigenvalue weighted by atomic mass is 32.2. The fourth-order valence-electron chi connectivity index (χ4n) is 2.71. The zero-order valence-corrected chi connectivity index (χ0v) is 17.5. The summed E-state index contributed by atoms with van der Waals surface area (Å²) in [6.07, 6.45) is 0.474. The Balaban J connectivity index is 1.84. The van der Waals surface area contributed by atoms with Crippen molar-refractivity contribution in [1.82, 2.24) is 0 Å². The average Bonchev–Trinajstić information content (AvgIpc) is 2.51. The van der Waals surface area contributed by atoms with Gasteiger partial charge in [-0.25, -0.2) is 0 Å². The molecular weight excluding hydrogens is 356 g/mol. The van der Waals surface area contributed by atoms with Crippen LogP contribution in [0.1, 0.15) is 38.3 Å². The number of benzene rings is 2. The molecule has 0 radical (unpaired) electrons. The van der Waals surface area contributed by atoms with E-state index >= 15 is 0 Å². The minimum atomic E-state index is -0.0386. The number of rotatable bonds is 6. The molecule has 0 aliphatic heterocycles. The maximum atomic E-state index is 12.2. The van der Waals surface area contributed by atoms with E-state index in [-0.39, 0.29) is 17.2 Å². The van der Waals surface area contributed by atoms with Crippen LogP contribution in [0, 0.1) is 19.3 Å². The molecule has 2 rings (SSSR count). The highest BCUT2D eigenvalue weighted by molar-refractivity contribution is 8.00. The Morgan fingerprint density at radius 3 is 1.96 bits per heavy atom. The summed E-state index contributed by atoms with van der Waals surface area (Å²) in [4.78, 5) is 25.1. The fraction of sp³-hybridized carbons (Fsp3) is 0.364. The Kier molecular flexibility index (Phi) is 7.08. The van der Waals surface area contributed by atoms with Gasteiger partial charge in [-0.15, -0.1) is 11.8 Å². The molecule has 0 unspecified atom stereocenters. The lowest BCUT2D eigenvalue weighted by atomic mass is 9.92. The average molecular weight is 385 g/mol. The molecule has 0 heterocycles. The van der Waals surface area contributed by atoms with Gasteiger partial charge in [0.1, 0.15) is 0 Å². The Morgan fingerprint density at radius 2 is 1.41 bits per heavy atom. The highest BCUT2D eigenvalue weighted by Crippen LogP contribution is 2.23. The van der Waals surface area contributed by atoms with Gasteiger partial charge in [0.25, 0.3) is 0 Å². The molecular formula is C22H28N2O2S. The molecule has 0 atom stereocenters. The second kappa shape index (κ2) is 9.09. The Morgan fingerprint density at radius 1 is 0.852 bits per heavy atom. The molecule has 0 aliphatic rings. The standard InChI is InChI=1S/C22H28N2O2S/c1-15-10-16(2)12-18(11-15)24-21(26)14-27-19-8-6-17(7-9-19)23-20(25)13-22(3,4)5/h6-12H,13-14H2,1-5H3,(H,23,25)(H,24,26). The molecule has 2 N–H and O–H groups in total. The Labute approximate surface area is 166 Å². The quantitative estimate of drug-likeness (QED) is 0.655. The number of aryl methyl sites for hydroxylation is 2. The largest absolute Gasteiger partial charge is 0.326 e. The van der Waals surface area contributed by atoms with E-state index < -0.39 is 0 Å². The smallest absolute Gasteiger partial charge is 0.234 e. The van der Waals surface area contributed by atoms with E-state index in [1.807, 2.05) is 71.0 Å². The summed E-state index contributed by atoms with van der Waals surface area (Å²) in [5, 5.41) is 5.84. The summed E-state index contributed by atoms with van der Waals surface area (Å²) >= 11 is 1.47. The van der Waals surface area contributed by atoms with Crippen molar-refractivity contribution in [2.45, 2.75) is 45.9 Å². The van der Waals surface area contributed by atoms with Gasteiger partial charge in [-0.1, -0.05) is 26.8 Å². The molecule has 2 aromatic carbocycles. The van der Waals surface area contributed by atoms with Gasteiger partial charge in [0.2, 0.25) is 11.8 Å². The van der Waals surface area contributed by atoms with Gasteiger partial charge in [0.05, 0.1) is 5.75 Å². The number of hydrogen-bond acceptors (Lipinski definition) is 3. The van der Waals surface area contributed by atoms with Crippen LogP contribution in [0.3, 0.4) is 0 Å². The number of amides is 2. The fourth-order valence-corrected chi connectivity index (χ4v) is 3.41. The predicted molar refractivity (Wildman–Crippen MR) is 114 cm³/mol. The van der Waals surface area contributed by atoms with Crippen LogP contribution in [0.25, 0.3) is 0 Å². The summed E-state index contributed by atoms with van der Waals surface area (Å²) in [6.45, 7) is 10.1. The first-order valence-corrected chi connectivity index (χ1v) is 10.0. The second-order valence-electron chi connectivity index (χ2n) is 8.02. The summed E-state index contributed by atoms with van der Waals surface area (Å²) < 4.78 is 0. The Hall–Kier alpha value is -2.27. The predicted octanol–water partition coefficient (Wildman–Crippen LogP) is 5.41. The molecule has 5 heteroatoms. The van der Waals surface area contributed by atoms with Gasteiger partial charge in [0.15, 0.2) is 0 Å². The van der Waals surface area contributed by atoms with Crippen molar-refractivity contribution >= 4 is 35.0 Å². The molecule has 0 saturated heterocycles. The minimum Gasteiger partial charge on any atom is -0.326 e. The first-order valence-electron chi connectivity index (χ1n) is 9.02. The van der Waals surface area contributed by atoms with Gasteiger partial charge < -0.3 is 10.6 Å². The monoisotopic (exact) mass is 384 g/mol. The topological polar surface area (TPSA) is 58.2 Å². The summed E-state index contributed by atoms with van der Waals surface area (Å²) in [6, 6.07) is 13.6. The first-order chi connectivity index (χ1) is 12.6. The molecule has 0 saturated carbocycles. The second-order valence-corrected chi connectivity index (χ2v) is 9.07. The van der Waals surface area contributed by atoms with Crippen molar-refractivity contribution in [2.75, 3.05) is 16.4 Å². The summed E-state index contributed by atoms with van der Waals surface area (Å²) in [7, 11) is 0. The highest BCUT2D eigenvalue weighted by Gasteiger charge is 2.15. The van der Waals surface area contributed by atoms with Gasteiger partial charge in [-0.3, -0.25) is 9.59 Å². The van der Waals surface area contributed by atoms with Crippen LogP contribution in [0.2, 0.25) is 0 Å². The third-order valence-corrected chi connectivity index (χ3v) is 4.72. The van der Waals surface area contributed by atoms with E-state index in [1.54, 1.807) is 0 Å². The lowest BCUT2D eigenvalue weighted by Crippen LogP contribution is -2.19. The molecule has 0 aliphatic carbocycles. The van der Waals surface area contributed by atoms with Gasteiger partial charge in [0, 0.05) is 22.7 Å². The van der Waals surface area contributed by atoms with E-state index in [9.17, 15) is 9.59 Å². The molecule has 0 fully saturated rings. The Bertz CT molecular complexity index is 788. The van der Waals surface area contributed by atoms with Crippen molar-refractivity contribution in [3.63, 3.8) is 0 Å². The van der Waals surface area contributed by atoms with Crippen molar-refractivity contribution in [2.24, 2.45) is 5.41 Å². The lowest BCUT2D eigenvalue weighted by molar-refractivity contribution is -0.118. The van der Waals surface area contributed by atoms with Crippen molar-refractivity contribution in [1.29, 1.82) is 0 Å². The number of carbonyl (C=O) groups is 2. The van der Waals surface area contributed by atoms with Crippen molar-refractivity contribution < 1.29 is 9.59 Å². The first kappa shape index (κ1) is 21.0. The van der Waals surface area contributed by atoms with E-state index in [0.717, 1.165) is 27.4 Å². The number of carbonyl (C=O) groups excluding carboxylic acids is 2. The van der Waals surface area contributed by atoms with Crippen LogP contribution in [0.4, 0.5) is 11.4 Å². The maximum Gasteiger partial charge on any atom is 0.234 e. The van der Waals surface area contributed by atoms with Crippen LogP contribution in [-0.4, -0.2) is 17.6 Å². The maximum absolute atomic E-state index is 12.2. The number of thioether (sulfide) groups is 1. The number of anilines is 2. The van der Waals surface area contributed by atoms with Gasteiger partial charge in [-0.05, 0) is 66.8 Å². The molecule has 27 heavy (non-hydrogen) atoms. The van der Waals surface area contributed by atoms with Gasteiger partial charge in [-0.2, -0.15) is 0 Å². The molecule has 0 bridgehead atoms. The molecule has 2 amide bonds. The lowest BCUT2D eigenvalue weighted by Gasteiger charge is -2.17. The molecule has 0 aromatic heterocycles. The zero-order valence-electron chi connectivity index (χ0n) is 16.7. The van der Waals surface area contributed by atoms with Crippen LogP contribution < -0.4 is 10.6 Å². The normalized spacial score (nSPS) is 11.1. The summed E-state index contributed by atoms with van der Waals surface area (Å²) in [5.74, 6) is 0.311. The third kappa shape index (κ3) is 7.87. The van der Waals surface area contributed by atoms with Crippen LogP contribution in [0.15, 0.2) is 47.4 Å². The molecule has 144 valence electrons. The van der Waals surface area contributed by atoms with Crippen LogP contribution >= 0.6 is 11.8 Å². The molecule has 4 nitrogen and oxygen atoms in total.